The van der Waals surface area contributed by atoms with Crippen molar-refractivity contribution >= 4 is 27.5 Å². The molecular formula is C28H30N4O5S. The highest BCUT2D eigenvalue weighted by atomic mass is 32.2. The van der Waals surface area contributed by atoms with E-state index in [2.05, 4.69) is 40.4 Å². The van der Waals surface area contributed by atoms with Crippen LogP contribution in [0, 0.1) is 5.92 Å². The number of amides is 1. The zero-order chi connectivity index (χ0) is 27.1. The Hall–Kier alpha value is -3.79. The smallest absolute Gasteiger partial charge is 0.281 e. The molecular weight excluding hydrogens is 504 g/mol. The van der Waals surface area contributed by atoms with Gasteiger partial charge in [-0.05, 0) is 81.0 Å². The second-order valence-electron chi connectivity index (χ2n) is 10.3. The van der Waals surface area contributed by atoms with Crippen molar-refractivity contribution in [1.29, 1.82) is 0 Å². The second-order valence-corrected chi connectivity index (χ2v) is 11.9. The molecule has 1 aromatic carbocycles. The molecule has 3 aromatic rings. The predicted molar refractivity (Wildman–Crippen MR) is 142 cm³/mol. The lowest BCUT2D eigenvalue weighted by Crippen LogP contribution is -2.43. The lowest BCUT2D eigenvalue weighted by Gasteiger charge is -2.36. The van der Waals surface area contributed by atoms with E-state index in [9.17, 15) is 18.0 Å². The number of sulfonamides is 1. The number of hydrogen-bond acceptors (Lipinski definition) is 8. The highest BCUT2D eigenvalue weighted by Gasteiger charge is 2.40. The van der Waals surface area contributed by atoms with Gasteiger partial charge in [-0.1, -0.05) is 13.0 Å². The number of rotatable bonds is 6. The quantitative estimate of drug-likeness (QED) is 0.490. The first-order valence-corrected chi connectivity index (χ1v) is 14.2. The number of carbonyl (C=O) groups is 2. The van der Waals surface area contributed by atoms with Gasteiger partial charge in [0.25, 0.3) is 15.9 Å². The van der Waals surface area contributed by atoms with Crippen LogP contribution in [0.15, 0.2) is 59.8 Å². The number of benzene rings is 1. The molecule has 1 unspecified atom stereocenters. The summed E-state index contributed by atoms with van der Waals surface area (Å²) in [6.45, 7) is 7.05. The van der Waals surface area contributed by atoms with Gasteiger partial charge in [-0.2, -0.15) is 13.4 Å². The van der Waals surface area contributed by atoms with Gasteiger partial charge in [-0.3, -0.25) is 9.59 Å². The SMILES string of the molecule is CC1CCN(c2ncccc2C(=O)NS(=O)(=O)c2cccc(Oc3ccc4c(c3)CCCC4=O)n2)C1(C)C. The van der Waals surface area contributed by atoms with Crippen LogP contribution in [0.3, 0.4) is 0 Å². The predicted octanol–water partition coefficient (Wildman–Crippen LogP) is 4.53. The van der Waals surface area contributed by atoms with Crippen LogP contribution in [0.5, 0.6) is 11.6 Å². The molecule has 1 atom stereocenters. The third kappa shape index (κ3) is 4.88. The van der Waals surface area contributed by atoms with Gasteiger partial charge in [0.1, 0.15) is 11.6 Å². The highest BCUT2D eigenvalue weighted by Crippen LogP contribution is 2.38. The fraction of sp³-hybridized carbons (Fsp3) is 0.357. The Kier molecular flexibility index (Phi) is 6.68. The van der Waals surface area contributed by atoms with Crippen molar-refractivity contribution in [2.45, 2.75) is 57.0 Å². The average molecular weight is 535 g/mol. The number of nitrogens with zero attached hydrogens (tertiary/aromatic N) is 3. The molecule has 1 fully saturated rings. The number of carbonyl (C=O) groups excluding carboxylic acids is 2. The van der Waals surface area contributed by atoms with Gasteiger partial charge in [0.2, 0.25) is 5.88 Å². The Balaban J connectivity index is 1.36. The number of Topliss-reactive ketones (excluding diaryl/α,β-unsaturated/α-hetero) is 1. The van der Waals surface area contributed by atoms with Crippen molar-refractivity contribution in [3.05, 3.63) is 71.4 Å². The number of aryl methyl sites for hydroxylation is 1. The Morgan fingerprint density at radius 3 is 2.71 bits per heavy atom. The third-order valence-corrected chi connectivity index (χ3v) is 8.86. The van der Waals surface area contributed by atoms with Crippen LogP contribution in [-0.4, -0.2) is 42.2 Å². The molecule has 198 valence electrons. The number of aromatic nitrogens is 2. The summed E-state index contributed by atoms with van der Waals surface area (Å²) >= 11 is 0. The van der Waals surface area contributed by atoms with Crippen molar-refractivity contribution in [3.8, 4) is 11.6 Å². The fourth-order valence-corrected chi connectivity index (χ4v) is 5.96. The minimum Gasteiger partial charge on any atom is -0.439 e. The van der Waals surface area contributed by atoms with Crippen LogP contribution in [0.25, 0.3) is 0 Å². The molecule has 1 aliphatic heterocycles. The lowest BCUT2D eigenvalue weighted by atomic mass is 9.90. The van der Waals surface area contributed by atoms with Crippen molar-refractivity contribution < 1.29 is 22.7 Å². The molecule has 1 aliphatic carbocycles. The number of pyridine rings is 2. The molecule has 5 rings (SSSR count). The normalized spacial score (nSPS) is 18.7. The van der Waals surface area contributed by atoms with Gasteiger partial charge in [0.05, 0.1) is 5.56 Å². The summed E-state index contributed by atoms with van der Waals surface area (Å²) in [5.41, 5.74) is 1.53. The van der Waals surface area contributed by atoms with E-state index in [-0.39, 0.29) is 27.8 Å². The van der Waals surface area contributed by atoms with E-state index < -0.39 is 15.9 Å². The lowest BCUT2D eigenvalue weighted by molar-refractivity contribution is 0.0967. The van der Waals surface area contributed by atoms with Gasteiger partial charge in [0, 0.05) is 36.3 Å². The number of ketones is 1. The molecule has 1 saturated heterocycles. The molecule has 38 heavy (non-hydrogen) atoms. The molecule has 0 spiro atoms. The largest absolute Gasteiger partial charge is 0.439 e. The van der Waals surface area contributed by atoms with E-state index in [1.165, 1.54) is 18.2 Å². The second kappa shape index (κ2) is 9.83. The first kappa shape index (κ1) is 25.8. The minimum absolute atomic E-state index is 0.0530. The van der Waals surface area contributed by atoms with Gasteiger partial charge in [-0.15, -0.1) is 0 Å². The number of anilines is 1. The van der Waals surface area contributed by atoms with E-state index in [0.717, 1.165) is 31.4 Å². The molecule has 2 aromatic heterocycles. The number of ether oxygens (including phenoxy) is 1. The minimum atomic E-state index is -4.31. The maximum atomic E-state index is 13.2. The van der Waals surface area contributed by atoms with E-state index >= 15 is 0 Å². The van der Waals surface area contributed by atoms with Crippen LogP contribution < -0.4 is 14.4 Å². The summed E-state index contributed by atoms with van der Waals surface area (Å²) in [7, 11) is -4.31. The highest BCUT2D eigenvalue weighted by molar-refractivity contribution is 7.90. The monoisotopic (exact) mass is 534 g/mol. The molecule has 0 radical (unpaired) electrons. The zero-order valence-corrected chi connectivity index (χ0v) is 22.4. The summed E-state index contributed by atoms with van der Waals surface area (Å²) in [6, 6.07) is 12.7. The van der Waals surface area contributed by atoms with E-state index in [0.29, 0.717) is 29.5 Å². The van der Waals surface area contributed by atoms with E-state index in [4.69, 9.17) is 4.74 Å². The summed E-state index contributed by atoms with van der Waals surface area (Å²) in [5.74, 6) is 0.664. The number of fused-ring (bicyclic) bond motifs is 1. The molecule has 1 amide bonds. The van der Waals surface area contributed by atoms with Crippen molar-refractivity contribution in [2.24, 2.45) is 5.92 Å². The Morgan fingerprint density at radius 1 is 1.13 bits per heavy atom. The van der Waals surface area contributed by atoms with Crippen molar-refractivity contribution in [1.82, 2.24) is 14.7 Å². The molecule has 9 nitrogen and oxygen atoms in total. The topological polar surface area (TPSA) is 119 Å². The number of nitrogens with one attached hydrogen (secondary N) is 1. The van der Waals surface area contributed by atoms with Crippen LogP contribution in [-0.2, 0) is 16.4 Å². The third-order valence-electron chi connectivity index (χ3n) is 7.62. The van der Waals surface area contributed by atoms with Gasteiger partial charge >= 0.3 is 0 Å². The van der Waals surface area contributed by atoms with Gasteiger partial charge in [0.15, 0.2) is 10.8 Å². The Morgan fingerprint density at radius 2 is 1.95 bits per heavy atom. The fourth-order valence-electron chi connectivity index (χ4n) is 5.04. The Bertz CT molecular complexity index is 1520. The summed E-state index contributed by atoms with van der Waals surface area (Å²) in [5, 5.41) is -0.350. The number of hydrogen-bond donors (Lipinski definition) is 1. The van der Waals surface area contributed by atoms with Gasteiger partial charge in [-0.25, -0.2) is 9.71 Å². The van der Waals surface area contributed by atoms with Crippen LogP contribution >= 0.6 is 0 Å². The Labute approximate surface area is 222 Å². The average Bonchev–Trinajstić information content (AvgIpc) is 3.15. The van der Waals surface area contributed by atoms with Gasteiger partial charge < -0.3 is 9.64 Å². The van der Waals surface area contributed by atoms with Crippen LogP contribution in [0.1, 0.15) is 66.3 Å². The molecule has 2 aliphatic rings. The van der Waals surface area contributed by atoms with Crippen LogP contribution in [0.2, 0.25) is 0 Å². The maximum absolute atomic E-state index is 13.2. The molecule has 10 heteroatoms. The summed E-state index contributed by atoms with van der Waals surface area (Å²) in [4.78, 5) is 35.9. The molecule has 0 bridgehead atoms. The first-order valence-electron chi connectivity index (χ1n) is 12.7. The molecule has 3 heterocycles. The standard InChI is InChI=1S/C28H30N4O5S/c1-18-14-16-32(28(18,2)3)26-22(8-6-15-29-26)27(34)31-38(35,36)25-11-5-10-24(30-25)37-20-12-13-21-19(17-20)7-4-9-23(21)33/h5-6,8,10-13,15,17-18H,4,7,9,14,16H2,1-3H3,(H,31,34). The summed E-state index contributed by atoms with van der Waals surface area (Å²) < 4.78 is 34.2. The van der Waals surface area contributed by atoms with Crippen LogP contribution in [0.4, 0.5) is 5.82 Å². The zero-order valence-electron chi connectivity index (χ0n) is 21.6. The summed E-state index contributed by atoms with van der Waals surface area (Å²) in [6.07, 6.45) is 4.64. The molecule has 1 N–H and O–H groups in total. The maximum Gasteiger partial charge on any atom is 0.281 e. The van der Waals surface area contributed by atoms with Crippen molar-refractivity contribution in [2.75, 3.05) is 11.4 Å². The van der Waals surface area contributed by atoms with E-state index in [1.54, 1.807) is 36.5 Å². The first-order chi connectivity index (χ1) is 18.1. The molecule has 0 saturated carbocycles. The van der Waals surface area contributed by atoms with E-state index in [1.807, 2.05) is 0 Å². The van der Waals surface area contributed by atoms with Crippen molar-refractivity contribution in [3.63, 3.8) is 0 Å².